The van der Waals surface area contributed by atoms with E-state index in [9.17, 15) is 0 Å². The van der Waals surface area contributed by atoms with Crippen LogP contribution in [0, 0.1) is 6.92 Å². The number of aromatic nitrogens is 5. The highest BCUT2D eigenvalue weighted by molar-refractivity contribution is 6.35. The van der Waals surface area contributed by atoms with Gasteiger partial charge in [-0.15, -0.1) is 0 Å². The number of fused-ring (bicyclic) bond motifs is 3. The number of pyridine rings is 1. The van der Waals surface area contributed by atoms with Crippen LogP contribution < -0.4 is 0 Å². The Hall–Kier alpha value is -2.89. The fraction of sp³-hybridized carbons (Fsp3) is 0.136. The molecule has 0 atom stereocenters. The molecule has 144 valence electrons. The van der Waals surface area contributed by atoms with Crippen molar-refractivity contribution in [1.29, 1.82) is 0 Å². The maximum absolute atomic E-state index is 6.43. The van der Waals surface area contributed by atoms with Gasteiger partial charge in [0.25, 0.3) is 0 Å². The molecule has 0 spiro atoms. The Bertz CT molecular complexity index is 1370. The molecule has 2 aromatic carbocycles. The number of hydrogen-bond acceptors (Lipinski definition) is 3. The largest absolute Gasteiger partial charge is 0.321 e. The summed E-state index contributed by atoms with van der Waals surface area (Å²) in [6.07, 6.45) is 0. The van der Waals surface area contributed by atoms with E-state index in [-0.39, 0.29) is 0 Å². The van der Waals surface area contributed by atoms with Gasteiger partial charge in [-0.05, 0) is 36.8 Å². The van der Waals surface area contributed by atoms with Crippen LogP contribution in [0.15, 0.2) is 54.6 Å². The third kappa shape index (κ3) is 3.07. The molecule has 5 rings (SSSR count). The molecule has 5 aromatic rings. The lowest BCUT2D eigenvalue weighted by molar-refractivity contribution is 0.708. The topological polar surface area (TPSA) is 48.5 Å². The van der Waals surface area contributed by atoms with E-state index >= 15 is 0 Å². The number of nitrogens with zero attached hydrogens (tertiary/aromatic N) is 5. The molecule has 7 heteroatoms. The molecule has 29 heavy (non-hydrogen) atoms. The first-order valence-corrected chi connectivity index (χ1v) is 9.97. The highest BCUT2D eigenvalue weighted by Gasteiger charge is 2.17. The summed E-state index contributed by atoms with van der Waals surface area (Å²) >= 11 is 12.5. The second-order valence-electron chi connectivity index (χ2n) is 7.01. The molecular weight excluding hydrogens is 405 g/mol. The third-order valence-corrected chi connectivity index (χ3v) is 5.64. The minimum Gasteiger partial charge on any atom is -0.321 e. The van der Waals surface area contributed by atoms with Gasteiger partial charge < -0.3 is 4.57 Å². The first-order chi connectivity index (χ1) is 14.0. The average molecular weight is 422 g/mol. The lowest BCUT2D eigenvalue weighted by atomic mass is 10.1. The van der Waals surface area contributed by atoms with E-state index in [2.05, 4.69) is 26.7 Å². The van der Waals surface area contributed by atoms with Gasteiger partial charge in [-0.25, -0.2) is 9.97 Å². The predicted molar refractivity (Wildman–Crippen MR) is 118 cm³/mol. The van der Waals surface area contributed by atoms with Crippen LogP contribution in [0.5, 0.6) is 0 Å². The fourth-order valence-corrected chi connectivity index (χ4v) is 4.11. The predicted octanol–water partition coefficient (Wildman–Crippen LogP) is 5.65. The second-order valence-corrected chi connectivity index (χ2v) is 7.81. The number of halogens is 2. The van der Waals surface area contributed by atoms with Crippen molar-refractivity contribution < 1.29 is 0 Å². The lowest BCUT2D eigenvalue weighted by Crippen LogP contribution is -2.04. The summed E-state index contributed by atoms with van der Waals surface area (Å²) < 4.78 is 4.04. The van der Waals surface area contributed by atoms with Crippen molar-refractivity contribution in [2.45, 2.75) is 13.5 Å². The SMILES string of the molecule is Cc1nc2c(Cl)nc3ccccc3c2n1Cc1cc(-c2ccc(Cl)cc2)n(C)n1. The number of imidazole rings is 1. The first-order valence-electron chi connectivity index (χ1n) is 9.21. The first kappa shape index (κ1) is 18.2. The quantitative estimate of drug-likeness (QED) is 0.353. The van der Waals surface area contributed by atoms with E-state index in [1.807, 2.05) is 61.1 Å². The van der Waals surface area contributed by atoms with Gasteiger partial charge in [-0.3, -0.25) is 4.68 Å². The number of para-hydroxylation sites is 1. The molecule has 0 unspecified atom stereocenters. The molecule has 0 fully saturated rings. The summed E-state index contributed by atoms with van der Waals surface area (Å²) in [7, 11) is 1.95. The van der Waals surface area contributed by atoms with Gasteiger partial charge in [-0.1, -0.05) is 53.5 Å². The minimum atomic E-state index is 0.420. The Morgan fingerprint density at radius 3 is 2.52 bits per heavy atom. The Morgan fingerprint density at radius 1 is 0.966 bits per heavy atom. The van der Waals surface area contributed by atoms with Crippen LogP contribution in [0.3, 0.4) is 0 Å². The Kier molecular flexibility index (Phi) is 4.30. The molecule has 0 saturated heterocycles. The molecule has 0 bridgehead atoms. The number of aryl methyl sites for hydroxylation is 2. The molecule has 0 radical (unpaired) electrons. The number of benzene rings is 2. The van der Waals surface area contributed by atoms with Crippen LogP contribution in [0.1, 0.15) is 11.5 Å². The van der Waals surface area contributed by atoms with Gasteiger partial charge in [0.2, 0.25) is 0 Å². The number of hydrogen-bond donors (Lipinski definition) is 0. The van der Waals surface area contributed by atoms with Crippen LogP contribution in [0.4, 0.5) is 0 Å². The zero-order valence-corrected chi connectivity index (χ0v) is 17.4. The molecule has 0 N–H and O–H groups in total. The standard InChI is InChI=1S/C22H17Cl2N5/c1-13-25-20-21(17-5-3-4-6-18(17)26-22(20)24)29(13)12-16-11-19(28(2)27-16)14-7-9-15(23)10-8-14/h3-11H,12H2,1-2H3. The molecule has 0 amide bonds. The summed E-state index contributed by atoms with van der Waals surface area (Å²) in [5, 5.41) is 6.89. The van der Waals surface area contributed by atoms with Crippen molar-refractivity contribution in [3.63, 3.8) is 0 Å². The zero-order valence-electron chi connectivity index (χ0n) is 15.9. The summed E-state index contributed by atoms with van der Waals surface area (Å²) in [6.45, 7) is 2.57. The van der Waals surface area contributed by atoms with Crippen LogP contribution in [-0.2, 0) is 13.6 Å². The van der Waals surface area contributed by atoms with Gasteiger partial charge >= 0.3 is 0 Å². The van der Waals surface area contributed by atoms with Crippen molar-refractivity contribution in [3.8, 4) is 11.3 Å². The van der Waals surface area contributed by atoms with Crippen LogP contribution >= 0.6 is 23.2 Å². The maximum Gasteiger partial charge on any atom is 0.157 e. The smallest absolute Gasteiger partial charge is 0.157 e. The zero-order chi connectivity index (χ0) is 20.1. The van der Waals surface area contributed by atoms with Gasteiger partial charge in [0, 0.05) is 17.5 Å². The Labute approximate surface area is 177 Å². The highest BCUT2D eigenvalue weighted by atomic mass is 35.5. The minimum absolute atomic E-state index is 0.420. The number of rotatable bonds is 3. The van der Waals surface area contributed by atoms with E-state index in [1.54, 1.807) is 0 Å². The Morgan fingerprint density at radius 2 is 1.72 bits per heavy atom. The van der Waals surface area contributed by atoms with Crippen molar-refractivity contribution in [3.05, 3.63) is 76.3 Å². The summed E-state index contributed by atoms with van der Waals surface area (Å²) in [5.74, 6) is 0.874. The van der Waals surface area contributed by atoms with Gasteiger partial charge in [0.1, 0.15) is 11.3 Å². The van der Waals surface area contributed by atoms with Gasteiger partial charge in [0.15, 0.2) is 5.15 Å². The van der Waals surface area contributed by atoms with E-state index in [4.69, 9.17) is 28.3 Å². The fourth-order valence-electron chi connectivity index (χ4n) is 3.76. The van der Waals surface area contributed by atoms with Crippen LogP contribution in [-0.4, -0.2) is 24.3 Å². The van der Waals surface area contributed by atoms with Crippen molar-refractivity contribution in [1.82, 2.24) is 24.3 Å². The molecule has 0 saturated carbocycles. The summed E-state index contributed by atoms with van der Waals surface area (Å²) in [4.78, 5) is 9.16. The summed E-state index contributed by atoms with van der Waals surface area (Å²) in [6, 6.07) is 17.9. The average Bonchev–Trinajstić information content (AvgIpc) is 3.23. The second kappa shape index (κ2) is 6.87. The third-order valence-electron chi connectivity index (χ3n) is 5.12. The van der Waals surface area contributed by atoms with Crippen LogP contribution in [0.2, 0.25) is 10.2 Å². The Balaban J connectivity index is 1.64. The van der Waals surface area contributed by atoms with E-state index in [0.717, 1.165) is 44.7 Å². The molecule has 3 aromatic heterocycles. The molecule has 5 nitrogen and oxygen atoms in total. The molecule has 0 aliphatic carbocycles. The summed E-state index contributed by atoms with van der Waals surface area (Å²) in [5.41, 5.74) is 5.60. The van der Waals surface area contributed by atoms with Gasteiger partial charge in [-0.2, -0.15) is 5.10 Å². The molecule has 0 aliphatic rings. The highest BCUT2D eigenvalue weighted by Crippen LogP contribution is 2.30. The van der Waals surface area contributed by atoms with Crippen molar-refractivity contribution in [2.24, 2.45) is 7.05 Å². The normalized spacial score (nSPS) is 11.6. The van der Waals surface area contributed by atoms with Gasteiger partial charge in [0.05, 0.1) is 29.0 Å². The van der Waals surface area contributed by atoms with E-state index in [1.165, 1.54) is 0 Å². The molecule has 3 heterocycles. The molecule has 0 aliphatic heterocycles. The lowest BCUT2D eigenvalue weighted by Gasteiger charge is -2.07. The van der Waals surface area contributed by atoms with E-state index < -0.39 is 0 Å². The van der Waals surface area contributed by atoms with E-state index in [0.29, 0.717) is 16.7 Å². The maximum atomic E-state index is 6.43. The van der Waals surface area contributed by atoms with Crippen LogP contribution in [0.25, 0.3) is 33.2 Å². The van der Waals surface area contributed by atoms with Crippen molar-refractivity contribution >= 4 is 45.1 Å². The van der Waals surface area contributed by atoms with Crippen molar-refractivity contribution in [2.75, 3.05) is 0 Å². The monoisotopic (exact) mass is 421 g/mol. The molecular formula is C22H17Cl2N5.